The van der Waals surface area contributed by atoms with Crippen LogP contribution >= 0.6 is 81.2 Å². The van der Waals surface area contributed by atoms with E-state index < -0.39 is 0 Å². The molecule has 0 bridgehead atoms. The first-order chi connectivity index (χ1) is 18.6. The summed E-state index contributed by atoms with van der Waals surface area (Å²) in [7, 11) is 0. The summed E-state index contributed by atoms with van der Waals surface area (Å²) >= 11 is 38.4. The van der Waals surface area contributed by atoms with Gasteiger partial charge in [0.15, 0.2) is 0 Å². The van der Waals surface area contributed by atoms with Gasteiger partial charge in [0.25, 0.3) is 0 Å². The highest BCUT2D eigenvalue weighted by molar-refractivity contribution is 6.33. The van der Waals surface area contributed by atoms with E-state index in [1.807, 2.05) is 0 Å². The van der Waals surface area contributed by atoms with Crippen molar-refractivity contribution in [1.82, 2.24) is 44.9 Å². The molecule has 0 saturated heterocycles. The average Bonchev–Trinajstić information content (AvgIpc) is 2.82. The lowest BCUT2D eigenvalue weighted by Gasteiger charge is -2.07. The molecule has 15 nitrogen and oxygen atoms in total. The molecule has 0 atom stereocenters. The van der Waals surface area contributed by atoms with E-state index in [0.717, 1.165) is 0 Å². The molecule has 0 fully saturated rings. The van der Waals surface area contributed by atoms with Crippen LogP contribution in [0.3, 0.4) is 0 Å². The SMILES string of the molecule is Clc1nc(Cl)nc(Cl)n1.Clc1nc(Cl)nc(OCCOCCOc2nc(Cl)nc(Cl)n2)n1.OCCOCCO. The van der Waals surface area contributed by atoms with Gasteiger partial charge in [-0.2, -0.15) is 44.9 Å². The quantitative estimate of drug-likeness (QED) is 0.263. The molecule has 2 N–H and O–H groups in total. The molecule has 22 heteroatoms. The van der Waals surface area contributed by atoms with Gasteiger partial charge in [-0.05, 0) is 81.2 Å². The lowest BCUT2D eigenvalue weighted by molar-refractivity contribution is 0.0650. The minimum atomic E-state index is -0.0519. The number of rotatable bonds is 12. The Morgan fingerprint density at radius 3 is 0.923 bits per heavy atom. The summed E-state index contributed by atoms with van der Waals surface area (Å²) in [5, 5.41) is 16.0. The van der Waals surface area contributed by atoms with Crippen molar-refractivity contribution in [2.45, 2.75) is 0 Å². The van der Waals surface area contributed by atoms with Crippen LogP contribution in [0.2, 0.25) is 37.0 Å². The minimum absolute atomic E-state index is 0.000000000000000444. The van der Waals surface area contributed by atoms with Gasteiger partial charge in [-0.25, -0.2) is 0 Å². The largest absolute Gasteiger partial charge is 0.461 e. The maximum atomic E-state index is 8.09. The highest BCUT2D eigenvalue weighted by atomic mass is 35.5. The zero-order chi connectivity index (χ0) is 29.0. The van der Waals surface area contributed by atoms with Crippen molar-refractivity contribution in [2.75, 3.05) is 52.9 Å². The van der Waals surface area contributed by atoms with Crippen LogP contribution < -0.4 is 9.47 Å². The van der Waals surface area contributed by atoms with E-state index in [4.69, 9.17) is 106 Å². The van der Waals surface area contributed by atoms with Gasteiger partial charge < -0.3 is 29.2 Å². The number of nitrogens with zero attached hydrogens (tertiary/aromatic N) is 9. The number of hydrogen-bond donors (Lipinski definition) is 2. The van der Waals surface area contributed by atoms with Gasteiger partial charge in [-0.1, -0.05) is 0 Å². The fourth-order valence-electron chi connectivity index (χ4n) is 1.77. The maximum Gasteiger partial charge on any atom is 0.322 e. The molecule has 216 valence electrons. The van der Waals surface area contributed by atoms with E-state index in [1.165, 1.54) is 0 Å². The molecule has 0 aliphatic heterocycles. The third kappa shape index (κ3) is 18.5. The first kappa shape index (κ1) is 35.5. The van der Waals surface area contributed by atoms with E-state index >= 15 is 0 Å². The predicted molar refractivity (Wildman–Crippen MR) is 141 cm³/mol. The normalized spacial score (nSPS) is 10.2. The van der Waals surface area contributed by atoms with Crippen molar-refractivity contribution in [3.63, 3.8) is 0 Å². The first-order valence-electron chi connectivity index (χ1n) is 10.1. The van der Waals surface area contributed by atoms with Crippen LogP contribution in [0, 0.1) is 0 Å². The summed E-state index contributed by atoms with van der Waals surface area (Å²) in [6.45, 7) is 1.62. The van der Waals surface area contributed by atoms with Crippen molar-refractivity contribution in [3.8, 4) is 12.0 Å². The molecule has 0 spiro atoms. The van der Waals surface area contributed by atoms with Crippen molar-refractivity contribution >= 4 is 81.2 Å². The fraction of sp³-hybridized carbons (Fsp3) is 0.471. The Labute approximate surface area is 256 Å². The zero-order valence-corrected chi connectivity index (χ0v) is 24.6. The second-order valence-electron chi connectivity index (χ2n) is 5.82. The molecular formula is C17H18Cl7N9O6. The highest BCUT2D eigenvalue weighted by Crippen LogP contribution is 2.12. The van der Waals surface area contributed by atoms with Crippen LogP contribution in [0.5, 0.6) is 12.0 Å². The second-order valence-corrected chi connectivity index (χ2v) is 8.19. The number of aliphatic hydroxyl groups excluding tert-OH is 2. The monoisotopic (exact) mass is 689 g/mol. The summed E-state index contributed by atoms with van der Waals surface area (Å²) in [6, 6.07) is 0.0358. The maximum absolute atomic E-state index is 8.09. The molecule has 0 aromatic carbocycles. The van der Waals surface area contributed by atoms with Crippen molar-refractivity contribution in [1.29, 1.82) is 0 Å². The molecular weight excluding hydrogens is 674 g/mol. The number of ether oxygens (including phenoxy) is 4. The van der Waals surface area contributed by atoms with Gasteiger partial charge in [-0.3, -0.25) is 0 Å². The fourth-order valence-corrected chi connectivity index (χ4v) is 3.07. The zero-order valence-electron chi connectivity index (χ0n) is 19.4. The molecule has 0 aliphatic carbocycles. The van der Waals surface area contributed by atoms with E-state index in [1.54, 1.807) is 0 Å². The van der Waals surface area contributed by atoms with Gasteiger partial charge in [0.05, 0.1) is 39.6 Å². The van der Waals surface area contributed by atoms with Crippen LogP contribution in [-0.2, 0) is 9.47 Å². The van der Waals surface area contributed by atoms with E-state index in [9.17, 15) is 0 Å². The Balaban J connectivity index is 0.000000388. The van der Waals surface area contributed by atoms with Gasteiger partial charge in [-0.15, -0.1) is 0 Å². The third-order valence-corrected chi connectivity index (χ3v) is 4.25. The van der Waals surface area contributed by atoms with Gasteiger partial charge >= 0.3 is 12.0 Å². The summed E-state index contributed by atoms with van der Waals surface area (Å²) in [6.07, 6.45) is 0. The van der Waals surface area contributed by atoms with Crippen LogP contribution in [-0.4, -0.2) is 108 Å². The summed E-state index contributed by atoms with van der Waals surface area (Å²) in [5.41, 5.74) is 0. The van der Waals surface area contributed by atoms with Crippen molar-refractivity contribution < 1.29 is 29.2 Å². The predicted octanol–water partition coefficient (Wildman–Crippen LogP) is 2.96. The van der Waals surface area contributed by atoms with E-state index in [0.29, 0.717) is 13.2 Å². The molecule has 0 amide bonds. The third-order valence-electron chi connectivity index (χ3n) is 3.06. The summed E-state index contributed by atoms with van der Waals surface area (Å²) in [5.74, 6) is 0. The molecule has 0 unspecified atom stereocenters. The Morgan fingerprint density at radius 1 is 0.385 bits per heavy atom. The smallest absolute Gasteiger partial charge is 0.322 e. The number of aliphatic hydroxyl groups is 2. The Morgan fingerprint density at radius 2 is 0.641 bits per heavy atom. The molecule has 0 radical (unpaired) electrons. The van der Waals surface area contributed by atoms with Crippen molar-refractivity contribution in [3.05, 3.63) is 37.0 Å². The first-order valence-corrected chi connectivity index (χ1v) is 12.8. The average molecular weight is 693 g/mol. The van der Waals surface area contributed by atoms with E-state index in [2.05, 4.69) is 49.6 Å². The Bertz CT molecular complexity index is 978. The topological polar surface area (TPSA) is 193 Å². The van der Waals surface area contributed by atoms with Crippen LogP contribution in [0.4, 0.5) is 0 Å². The van der Waals surface area contributed by atoms with E-state index in [-0.39, 0.29) is 88.6 Å². The second kappa shape index (κ2) is 21.3. The lowest BCUT2D eigenvalue weighted by atomic mass is 10.7. The van der Waals surface area contributed by atoms with Gasteiger partial charge in [0.2, 0.25) is 37.0 Å². The molecule has 3 aromatic heterocycles. The lowest BCUT2D eigenvalue weighted by Crippen LogP contribution is -2.14. The summed E-state index contributed by atoms with van der Waals surface area (Å²) < 4.78 is 20.3. The number of hydrogen-bond acceptors (Lipinski definition) is 15. The molecule has 3 aromatic rings. The Hall–Kier alpha value is -1.50. The Kier molecular flexibility index (Phi) is 19.4. The summed E-state index contributed by atoms with van der Waals surface area (Å²) in [4.78, 5) is 32.5. The van der Waals surface area contributed by atoms with Gasteiger partial charge in [0.1, 0.15) is 13.2 Å². The molecule has 0 aliphatic rings. The van der Waals surface area contributed by atoms with Crippen molar-refractivity contribution in [2.24, 2.45) is 0 Å². The molecule has 39 heavy (non-hydrogen) atoms. The van der Waals surface area contributed by atoms with Crippen LogP contribution in [0.25, 0.3) is 0 Å². The van der Waals surface area contributed by atoms with Crippen LogP contribution in [0.1, 0.15) is 0 Å². The van der Waals surface area contributed by atoms with Crippen LogP contribution in [0.15, 0.2) is 0 Å². The molecule has 3 rings (SSSR count). The standard InChI is InChI=1S/C10H8Cl4N6O3.C4H10O3.C3Cl3N3/c11-5-15-6(12)18-9(17-5)22-3-1-21-2-4-23-10-19-7(13)16-8(14)20-10;5-1-3-7-4-2-6;4-1-7-2(5)9-3(6)8-1/h1-4H2;5-6H,1-4H2;. The molecule has 3 heterocycles. The number of aromatic nitrogens is 9. The highest BCUT2D eigenvalue weighted by Gasteiger charge is 2.05. The number of halogens is 7. The van der Waals surface area contributed by atoms with Gasteiger partial charge in [0, 0.05) is 0 Å². The minimum Gasteiger partial charge on any atom is -0.461 e. The molecule has 0 saturated carbocycles.